The van der Waals surface area contributed by atoms with Crippen LogP contribution in [0.15, 0.2) is 30.4 Å². The van der Waals surface area contributed by atoms with Gasteiger partial charge >= 0.3 is 0 Å². The zero-order valence-electron chi connectivity index (χ0n) is 8.80. The molecule has 0 heteroatoms. The second-order valence-corrected chi connectivity index (χ2v) is 3.60. The summed E-state index contributed by atoms with van der Waals surface area (Å²) in [4.78, 5) is 0. The van der Waals surface area contributed by atoms with Crippen molar-refractivity contribution in [2.75, 3.05) is 0 Å². The molecule has 0 N–H and O–H groups in total. The van der Waals surface area contributed by atoms with E-state index in [0.29, 0.717) is 0 Å². The zero-order chi connectivity index (χ0) is 9.68. The molecule has 1 aromatic carbocycles. The lowest BCUT2D eigenvalue weighted by atomic mass is 10.0. The summed E-state index contributed by atoms with van der Waals surface area (Å²) in [5.41, 5.74) is 4.20. The van der Waals surface area contributed by atoms with Gasteiger partial charge in [-0.25, -0.2) is 0 Å². The average Bonchev–Trinajstić information content (AvgIpc) is 2.03. The highest BCUT2D eigenvalue weighted by molar-refractivity contribution is 5.28. The van der Waals surface area contributed by atoms with E-state index in [4.69, 9.17) is 0 Å². The molecule has 0 bridgehead atoms. The molecule has 1 rings (SSSR count). The van der Waals surface area contributed by atoms with Crippen molar-refractivity contribution in [1.29, 1.82) is 0 Å². The number of allylic oxidation sites excluding steroid dienone is 2. The second-order valence-electron chi connectivity index (χ2n) is 3.60. The largest absolute Gasteiger partial charge is 0.0917 e. The van der Waals surface area contributed by atoms with Gasteiger partial charge in [-0.2, -0.15) is 0 Å². The zero-order valence-corrected chi connectivity index (χ0v) is 8.80. The fourth-order valence-corrected chi connectivity index (χ4v) is 1.63. The molecule has 0 amide bonds. The first kappa shape index (κ1) is 10.0. The van der Waals surface area contributed by atoms with Crippen molar-refractivity contribution in [3.63, 3.8) is 0 Å². The minimum atomic E-state index is 1.15. The summed E-state index contributed by atoms with van der Waals surface area (Å²) in [6.45, 7) is 6.39. The fraction of sp³-hybridized carbons (Fsp3) is 0.385. The van der Waals surface area contributed by atoms with Gasteiger partial charge in [-0.1, -0.05) is 41.5 Å². The van der Waals surface area contributed by atoms with Crippen molar-refractivity contribution in [1.82, 2.24) is 0 Å². The first-order valence-corrected chi connectivity index (χ1v) is 4.90. The Kier molecular flexibility index (Phi) is 3.75. The van der Waals surface area contributed by atoms with Crippen molar-refractivity contribution in [3.8, 4) is 0 Å². The Morgan fingerprint density at radius 1 is 1.08 bits per heavy atom. The molecule has 0 fully saturated rings. The minimum Gasteiger partial charge on any atom is -0.0917 e. The quantitative estimate of drug-likeness (QED) is 0.611. The molecule has 0 saturated carbocycles. The highest BCUT2D eigenvalue weighted by Crippen LogP contribution is 2.10. The van der Waals surface area contributed by atoms with E-state index >= 15 is 0 Å². The molecule has 0 atom stereocenters. The van der Waals surface area contributed by atoms with Crippen molar-refractivity contribution in [3.05, 3.63) is 47.0 Å². The van der Waals surface area contributed by atoms with E-state index in [1.807, 2.05) is 0 Å². The van der Waals surface area contributed by atoms with Gasteiger partial charge in [0.15, 0.2) is 0 Å². The number of hydrogen-bond acceptors (Lipinski definition) is 0. The summed E-state index contributed by atoms with van der Waals surface area (Å²) in [5, 5.41) is 0. The van der Waals surface area contributed by atoms with Crippen LogP contribution in [0.2, 0.25) is 0 Å². The molecule has 0 nitrogen and oxygen atoms in total. The lowest BCUT2D eigenvalue weighted by Gasteiger charge is -2.02. The normalized spacial score (nSPS) is 11.0. The first-order valence-electron chi connectivity index (χ1n) is 4.90. The van der Waals surface area contributed by atoms with Crippen LogP contribution in [0.3, 0.4) is 0 Å². The van der Waals surface area contributed by atoms with Crippen LogP contribution in [0.1, 0.15) is 30.0 Å². The highest BCUT2D eigenvalue weighted by Gasteiger charge is 1.94. The number of benzene rings is 1. The third-order valence-corrected chi connectivity index (χ3v) is 2.12. The maximum Gasteiger partial charge on any atom is -0.0244 e. The Morgan fingerprint density at radius 3 is 2.23 bits per heavy atom. The topological polar surface area (TPSA) is 0 Å². The molecule has 0 saturated heterocycles. The molecule has 1 aromatic rings. The van der Waals surface area contributed by atoms with Gasteiger partial charge in [0.2, 0.25) is 0 Å². The van der Waals surface area contributed by atoms with Gasteiger partial charge in [0.05, 0.1) is 0 Å². The van der Waals surface area contributed by atoms with E-state index < -0.39 is 0 Å². The molecular formula is C13H18. The Labute approximate surface area is 81.3 Å². The van der Waals surface area contributed by atoms with Gasteiger partial charge in [0.1, 0.15) is 0 Å². The first-order chi connectivity index (χ1) is 6.22. The minimum absolute atomic E-state index is 1.15. The second kappa shape index (κ2) is 4.86. The van der Waals surface area contributed by atoms with Gasteiger partial charge in [0.25, 0.3) is 0 Å². The summed E-state index contributed by atoms with van der Waals surface area (Å²) in [6.07, 6.45) is 6.65. The van der Waals surface area contributed by atoms with Crippen LogP contribution in [0.25, 0.3) is 0 Å². The predicted molar refractivity (Wildman–Crippen MR) is 59.1 cm³/mol. The third kappa shape index (κ3) is 3.45. The fourth-order valence-electron chi connectivity index (χ4n) is 1.63. The number of hydrogen-bond donors (Lipinski definition) is 0. The standard InChI is InChI=1S/C13H18/c1-4-5-6-7-13-9-11(2)8-12(3)10-13/h4-5,8-10H,6-7H2,1-3H3/b5-4-. The Balaban J connectivity index is 2.66. The monoisotopic (exact) mass is 174 g/mol. The lowest BCUT2D eigenvalue weighted by Crippen LogP contribution is -1.86. The van der Waals surface area contributed by atoms with Crippen molar-refractivity contribution in [2.24, 2.45) is 0 Å². The summed E-state index contributed by atoms with van der Waals surface area (Å²) in [6, 6.07) is 6.77. The Hall–Kier alpha value is -1.04. The maximum atomic E-state index is 2.27. The van der Waals surface area contributed by atoms with Crippen LogP contribution in [0.4, 0.5) is 0 Å². The maximum absolute atomic E-state index is 2.27. The molecule has 0 heterocycles. The molecule has 70 valence electrons. The van der Waals surface area contributed by atoms with E-state index in [9.17, 15) is 0 Å². The van der Waals surface area contributed by atoms with Gasteiger partial charge in [-0.05, 0) is 39.2 Å². The molecule has 0 radical (unpaired) electrons. The number of aryl methyl sites for hydroxylation is 3. The van der Waals surface area contributed by atoms with Gasteiger partial charge in [-0.15, -0.1) is 0 Å². The van der Waals surface area contributed by atoms with Crippen LogP contribution in [0, 0.1) is 13.8 Å². The third-order valence-electron chi connectivity index (χ3n) is 2.12. The highest BCUT2D eigenvalue weighted by atomic mass is 14.0. The van der Waals surface area contributed by atoms with Crippen molar-refractivity contribution >= 4 is 0 Å². The molecule has 0 spiro atoms. The van der Waals surface area contributed by atoms with E-state index in [1.54, 1.807) is 0 Å². The molecule has 13 heavy (non-hydrogen) atoms. The van der Waals surface area contributed by atoms with Crippen LogP contribution in [-0.4, -0.2) is 0 Å². The van der Waals surface area contributed by atoms with Crippen LogP contribution in [-0.2, 0) is 6.42 Å². The Morgan fingerprint density at radius 2 is 1.69 bits per heavy atom. The average molecular weight is 174 g/mol. The summed E-state index contributed by atoms with van der Waals surface area (Å²) in [7, 11) is 0. The van der Waals surface area contributed by atoms with Crippen LogP contribution < -0.4 is 0 Å². The van der Waals surface area contributed by atoms with E-state index in [-0.39, 0.29) is 0 Å². The summed E-state index contributed by atoms with van der Waals surface area (Å²) in [5.74, 6) is 0. The van der Waals surface area contributed by atoms with Gasteiger partial charge in [-0.3, -0.25) is 0 Å². The van der Waals surface area contributed by atoms with E-state index in [2.05, 4.69) is 51.1 Å². The molecule has 0 aliphatic carbocycles. The lowest BCUT2D eigenvalue weighted by molar-refractivity contribution is 0.993. The molecule has 0 aliphatic heterocycles. The SMILES string of the molecule is C/C=C\CCc1cc(C)cc(C)c1. The molecule has 0 aromatic heterocycles. The summed E-state index contributed by atoms with van der Waals surface area (Å²) >= 11 is 0. The molecule has 0 unspecified atom stereocenters. The van der Waals surface area contributed by atoms with Crippen LogP contribution >= 0.6 is 0 Å². The predicted octanol–water partition coefficient (Wildman–Crippen LogP) is 3.81. The van der Waals surface area contributed by atoms with Crippen LogP contribution in [0.5, 0.6) is 0 Å². The molecular weight excluding hydrogens is 156 g/mol. The number of rotatable bonds is 3. The Bertz CT molecular complexity index is 275. The van der Waals surface area contributed by atoms with Gasteiger partial charge < -0.3 is 0 Å². The van der Waals surface area contributed by atoms with E-state index in [1.165, 1.54) is 16.7 Å². The molecule has 0 aliphatic rings. The van der Waals surface area contributed by atoms with Crippen molar-refractivity contribution < 1.29 is 0 Å². The van der Waals surface area contributed by atoms with Gasteiger partial charge in [0, 0.05) is 0 Å². The van der Waals surface area contributed by atoms with E-state index in [0.717, 1.165) is 12.8 Å². The van der Waals surface area contributed by atoms with Crippen molar-refractivity contribution in [2.45, 2.75) is 33.6 Å². The smallest absolute Gasteiger partial charge is 0.0244 e. The summed E-state index contributed by atoms with van der Waals surface area (Å²) < 4.78 is 0.